The summed E-state index contributed by atoms with van der Waals surface area (Å²) in [5.74, 6) is 3.42. The summed E-state index contributed by atoms with van der Waals surface area (Å²) < 4.78 is 0.957. The fraction of sp³-hybridized carbons (Fsp3) is 0.423. The van der Waals surface area contributed by atoms with E-state index in [2.05, 4.69) is 49.0 Å². The van der Waals surface area contributed by atoms with Crippen molar-refractivity contribution in [2.45, 2.75) is 52.2 Å². The van der Waals surface area contributed by atoms with Gasteiger partial charge in [-0.1, -0.05) is 27.9 Å². The van der Waals surface area contributed by atoms with Crippen LogP contribution in [0.2, 0.25) is 0 Å². The van der Waals surface area contributed by atoms with Crippen molar-refractivity contribution < 1.29 is 4.79 Å². The zero-order valence-corrected chi connectivity index (χ0v) is 22.1. The van der Waals surface area contributed by atoms with Crippen LogP contribution < -0.4 is 5.32 Å². The first-order chi connectivity index (χ1) is 16.5. The summed E-state index contributed by atoms with van der Waals surface area (Å²) in [5.41, 5.74) is 3.14. The highest BCUT2D eigenvalue weighted by Gasteiger charge is 2.29. The van der Waals surface area contributed by atoms with Crippen LogP contribution in [-0.2, 0) is 24.3 Å². The maximum atomic E-state index is 12.9. The number of amides is 1. The number of aliphatic imine (C=N–C) groups is 2. The summed E-state index contributed by atoms with van der Waals surface area (Å²) in [7, 11) is 0. The Labute approximate surface area is 214 Å². The number of hydrogen-bond acceptors (Lipinski definition) is 6. The van der Waals surface area contributed by atoms with Gasteiger partial charge in [0, 0.05) is 52.3 Å². The molecule has 1 amide bonds. The SMILES string of the molecule is C#C/C=C(\C=C(/C)Br)NC1=NC=NCc2sc3c(c21)CCN(C(=O)/C=C/CN1CCCC1C)C3. The van der Waals surface area contributed by atoms with E-state index >= 15 is 0 Å². The highest BCUT2D eigenvalue weighted by Crippen LogP contribution is 2.35. The third-order valence-corrected chi connectivity index (χ3v) is 7.76. The maximum absolute atomic E-state index is 12.9. The smallest absolute Gasteiger partial charge is 0.246 e. The molecule has 0 saturated carbocycles. The largest absolute Gasteiger partial charge is 0.339 e. The van der Waals surface area contributed by atoms with E-state index in [9.17, 15) is 4.79 Å². The number of rotatable bonds is 5. The average molecular weight is 541 g/mol. The molecule has 4 heterocycles. The lowest BCUT2D eigenvalue weighted by molar-refractivity contribution is -0.126. The Balaban J connectivity index is 1.49. The van der Waals surface area contributed by atoms with Gasteiger partial charge in [-0.15, -0.1) is 17.8 Å². The van der Waals surface area contributed by atoms with Gasteiger partial charge in [-0.2, -0.15) is 0 Å². The number of thiophene rings is 1. The summed E-state index contributed by atoms with van der Waals surface area (Å²) >= 11 is 5.20. The molecule has 0 aliphatic carbocycles. The van der Waals surface area contributed by atoms with Crippen LogP contribution in [0.5, 0.6) is 0 Å². The van der Waals surface area contributed by atoms with Crippen LogP contribution in [0.3, 0.4) is 0 Å². The number of fused-ring (bicyclic) bond motifs is 3. The minimum absolute atomic E-state index is 0.0864. The molecule has 6 nitrogen and oxygen atoms in total. The topological polar surface area (TPSA) is 60.3 Å². The van der Waals surface area contributed by atoms with E-state index < -0.39 is 0 Å². The zero-order valence-electron chi connectivity index (χ0n) is 19.7. The summed E-state index contributed by atoms with van der Waals surface area (Å²) in [4.78, 5) is 28.6. The first-order valence-electron chi connectivity index (χ1n) is 11.6. The lowest BCUT2D eigenvalue weighted by Crippen LogP contribution is -2.35. The number of nitrogens with one attached hydrogen (secondary N) is 1. The summed E-state index contributed by atoms with van der Waals surface area (Å²) in [6.07, 6.45) is 17.8. The Morgan fingerprint density at radius 3 is 3.00 bits per heavy atom. The Bertz CT molecular complexity index is 1130. The zero-order chi connectivity index (χ0) is 24.1. The molecular formula is C26H30BrN5OS. The quantitative estimate of drug-likeness (QED) is 0.343. The summed E-state index contributed by atoms with van der Waals surface area (Å²) in [6, 6.07) is 0.607. The maximum Gasteiger partial charge on any atom is 0.246 e. The van der Waals surface area contributed by atoms with Crippen LogP contribution in [-0.4, -0.2) is 53.6 Å². The van der Waals surface area contributed by atoms with E-state index in [0.29, 0.717) is 25.7 Å². The fourth-order valence-electron chi connectivity index (χ4n) is 4.63. The molecule has 3 aliphatic heterocycles. The van der Waals surface area contributed by atoms with Crippen LogP contribution in [0.25, 0.3) is 0 Å². The van der Waals surface area contributed by atoms with E-state index in [1.165, 1.54) is 23.3 Å². The van der Waals surface area contributed by atoms with Crippen LogP contribution in [0, 0.1) is 12.3 Å². The van der Waals surface area contributed by atoms with E-state index in [0.717, 1.165) is 46.0 Å². The highest BCUT2D eigenvalue weighted by molar-refractivity contribution is 9.11. The fourth-order valence-corrected chi connectivity index (χ4v) is 6.18. The molecule has 1 fully saturated rings. The molecule has 34 heavy (non-hydrogen) atoms. The van der Waals surface area contributed by atoms with Gasteiger partial charge in [0.05, 0.1) is 13.1 Å². The lowest BCUT2D eigenvalue weighted by atomic mass is 10.00. The van der Waals surface area contributed by atoms with Crippen molar-refractivity contribution in [3.05, 3.63) is 55.4 Å². The number of allylic oxidation sites excluding steroid dienone is 3. The third-order valence-electron chi connectivity index (χ3n) is 6.33. The van der Waals surface area contributed by atoms with Gasteiger partial charge >= 0.3 is 0 Å². The number of carbonyl (C=O) groups excluding carboxylic acids is 1. The number of halogens is 1. The Hall–Kier alpha value is -2.47. The Morgan fingerprint density at radius 1 is 1.41 bits per heavy atom. The number of likely N-dealkylation sites (tertiary alicyclic amines) is 1. The first kappa shape index (κ1) is 24.6. The molecule has 1 atom stereocenters. The van der Waals surface area contributed by atoms with Crippen LogP contribution in [0.1, 0.15) is 47.6 Å². The van der Waals surface area contributed by atoms with Crippen molar-refractivity contribution in [1.82, 2.24) is 15.1 Å². The molecule has 178 valence electrons. The van der Waals surface area contributed by atoms with Gasteiger partial charge in [0.15, 0.2) is 0 Å². The van der Waals surface area contributed by atoms with Crippen molar-refractivity contribution >= 4 is 45.3 Å². The molecule has 0 radical (unpaired) electrons. The van der Waals surface area contributed by atoms with Gasteiger partial charge in [-0.25, -0.2) is 4.99 Å². The van der Waals surface area contributed by atoms with Crippen LogP contribution in [0.15, 0.2) is 44.5 Å². The van der Waals surface area contributed by atoms with E-state index in [4.69, 9.17) is 6.42 Å². The Morgan fingerprint density at radius 2 is 2.26 bits per heavy atom. The average Bonchev–Trinajstić information content (AvgIpc) is 3.31. The van der Waals surface area contributed by atoms with E-state index in [-0.39, 0.29) is 5.91 Å². The van der Waals surface area contributed by atoms with Crippen molar-refractivity contribution in [3.63, 3.8) is 0 Å². The minimum Gasteiger partial charge on any atom is -0.339 e. The molecule has 1 N–H and O–H groups in total. The Kier molecular flexibility index (Phi) is 8.19. The first-order valence-corrected chi connectivity index (χ1v) is 13.2. The van der Waals surface area contributed by atoms with Crippen molar-refractivity contribution in [2.24, 2.45) is 9.98 Å². The van der Waals surface area contributed by atoms with Gasteiger partial charge in [0.25, 0.3) is 0 Å². The molecule has 0 spiro atoms. The predicted octanol–water partition coefficient (Wildman–Crippen LogP) is 4.37. The predicted molar refractivity (Wildman–Crippen MR) is 144 cm³/mol. The normalized spacial score (nSPS) is 21.2. The molecule has 3 aliphatic rings. The number of carbonyl (C=O) groups is 1. The molecule has 1 aromatic heterocycles. The molecular weight excluding hydrogens is 510 g/mol. The second kappa shape index (κ2) is 11.3. The summed E-state index contributed by atoms with van der Waals surface area (Å²) in [5, 5.41) is 3.39. The molecule has 0 bridgehead atoms. The van der Waals surface area contributed by atoms with Gasteiger partial charge in [0.2, 0.25) is 5.91 Å². The van der Waals surface area contributed by atoms with Crippen LogP contribution >= 0.6 is 27.3 Å². The second-order valence-corrected chi connectivity index (χ2v) is 11.2. The highest BCUT2D eigenvalue weighted by atomic mass is 79.9. The minimum atomic E-state index is 0.0864. The second-order valence-electron chi connectivity index (χ2n) is 8.76. The van der Waals surface area contributed by atoms with Gasteiger partial charge in [0.1, 0.15) is 12.2 Å². The number of hydrogen-bond donors (Lipinski definition) is 1. The number of nitrogens with zero attached hydrogens (tertiary/aromatic N) is 4. The van der Waals surface area contributed by atoms with Crippen molar-refractivity contribution in [1.29, 1.82) is 0 Å². The van der Waals surface area contributed by atoms with E-state index in [1.807, 2.05) is 24.0 Å². The number of terminal acetylenes is 1. The molecule has 0 aromatic carbocycles. The van der Waals surface area contributed by atoms with E-state index in [1.54, 1.807) is 29.8 Å². The molecule has 8 heteroatoms. The van der Waals surface area contributed by atoms with Crippen LogP contribution in [0.4, 0.5) is 0 Å². The molecule has 4 rings (SSSR count). The molecule has 1 saturated heterocycles. The lowest BCUT2D eigenvalue weighted by Gasteiger charge is -2.27. The molecule has 1 unspecified atom stereocenters. The monoisotopic (exact) mass is 539 g/mol. The number of amidine groups is 1. The van der Waals surface area contributed by atoms with Gasteiger partial charge in [-0.05, 0) is 55.8 Å². The van der Waals surface area contributed by atoms with Crippen molar-refractivity contribution in [3.8, 4) is 12.3 Å². The summed E-state index contributed by atoms with van der Waals surface area (Å²) in [6.45, 7) is 8.09. The van der Waals surface area contributed by atoms with Gasteiger partial charge < -0.3 is 10.2 Å². The van der Waals surface area contributed by atoms with Gasteiger partial charge in [-0.3, -0.25) is 14.7 Å². The van der Waals surface area contributed by atoms with Crippen molar-refractivity contribution in [2.75, 3.05) is 19.6 Å². The standard InChI is InChI=1S/C26H30BrN5OS/c1-4-7-20(14-18(2)27)30-26-25-21-10-13-32(16-23(21)34-22(25)15-28-17-29-26)24(33)9-6-12-31-11-5-8-19(31)3/h1,6-7,9,14,17,19H,5,8,10-13,15-16H2,2-3H3,(H,28,29,30)/b9-6+,18-14+,20-7+. The molecule has 1 aromatic rings. The third kappa shape index (κ3) is 5.77.